The lowest BCUT2D eigenvalue weighted by Crippen LogP contribution is -1.93. The van der Waals surface area contributed by atoms with Gasteiger partial charge in [-0.15, -0.1) is 12.6 Å². The molecular formula is C13H10N2O2S. The largest absolute Gasteiger partial charge is 0.478 e. The molecule has 0 aliphatic rings. The predicted octanol–water partition coefficient (Wildman–Crippen LogP) is 4.09. The van der Waals surface area contributed by atoms with Gasteiger partial charge >= 0.3 is 5.97 Å². The van der Waals surface area contributed by atoms with Gasteiger partial charge in [0.1, 0.15) is 0 Å². The fraction of sp³-hybridized carbons (Fsp3) is 0. The lowest BCUT2D eigenvalue weighted by Gasteiger charge is -1.95. The Labute approximate surface area is 109 Å². The second kappa shape index (κ2) is 5.46. The SMILES string of the molecule is O=C(O)c1ccc(N=Nc2ccc(S)cc2)cc1. The number of hydrogen-bond acceptors (Lipinski definition) is 4. The highest BCUT2D eigenvalue weighted by Gasteiger charge is 2.00. The van der Waals surface area contributed by atoms with Crippen LogP contribution in [0, 0.1) is 0 Å². The summed E-state index contributed by atoms with van der Waals surface area (Å²) >= 11 is 4.17. The average molecular weight is 258 g/mol. The summed E-state index contributed by atoms with van der Waals surface area (Å²) in [6.45, 7) is 0. The molecule has 0 radical (unpaired) electrons. The van der Waals surface area contributed by atoms with E-state index in [1.807, 2.05) is 12.1 Å². The molecule has 90 valence electrons. The Morgan fingerprint density at radius 3 is 1.78 bits per heavy atom. The molecule has 0 aliphatic heterocycles. The number of rotatable bonds is 3. The molecule has 0 bridgehead atoms. The van der Waals surface area contributed by atoms with E-state index in [2.05, 4.69) is 22.9 Å². The van der Waals surface area contributed by atoms with Crippen LogP contribution in [0.25, 0.3) is 0 Å². The van der Waals surface area contributed by atoms with Crippen molar-refractivity contribution in [2.75, 3.05) is 0 Å². The first-order chi connectivity index (χ1) is 8.65. The van der Waals surface area contributed by atoms with Crippen LogP contribution in [-0.2, 0) is 0 Å². The molecule has 4 nitrogen and oxygen atoms in total. The molecule has 0 amide bonds. The van der Waals surface area contributed by atoms with Crippen molar-refractivity contribution in [1.82, 2.24) is 0 Å². The van der Waals surface area contributed by atoms with Gasteiger partial charge in [-0.3, -0.25) is 0 Å². The summed E-state index contributed by atoms with van der Waals surface area (Å²) in [6, 6.07) is 13.5. The third kappa shape index (κ3) is 3.18. The van der Waals surface area contributed by atoms with Gasteiger partial charge in [-0.2, -0.15) is 10.2 Å². The molecule has 0 atom stereocenters. The zero-order valence-corrected chi connectivity index (χ0v) is 10.2. The van der Waals surface area contributed by atoms with Gasteiger partial charge < -0.3 is 5.11 Å². The highest BCUT2D eigenvalue weighted by atomic mass is 32.1. The maximum Gasteiger partial charge on any atom is 0.335 e. The van der Waals surface area contributed by atoms with Crippen molar-refractivity contribution in [3.05, 3.63) is 54.1 Å². The summed E-state index contributed by atoms with van der Waals surface area (Å²) in [5.74, 6) is -0.956. The minimum Gasteiger partial charge on any atom is -0.478 e. The van der Waals surface area contributed by atoms with Crippen LogP contribution in [0.5, 0.6) is 0 Å². The van der Waals surface area contributed by atoms with Gasteiger partial charge in [0, 0.05) is 4.90 Å². The van der Waals surface area contributed by atoms with Crippen LogP contribution in [0.2, 0.25) is 0 Å². The average Bonchev–Trinajstić information content (AvgIpc) is 2.38. The second-order valence-electron chi connectivity index (χ2n) is 3.57. The minimum atomic E-state index is -0.956. The Hall–Kier alpha value is -2.14. The molecule has 18 heavy (non-hydrogen) atoms. The predicted molar refractivity (Wildman–Crippen MR) is 71.3 cm³/mol. The fourth-order valence-electron chi connectivity index (χ4n) is 1.31. The van der Waals surface area contributed by atoms with E-state index in [0.717, 1.165) is 10.6 Å². The van der Waals surface area contributed by atoms with Crippen molar-refractivity contribution in [2.45, 2.75) is 4.90 Å². The van der Waals surface area contributed by atoms with E-state index < -0.39 is 5.97 Å². The van der Waals surface area contributed by atoms with Gasteiger partial charge in [0.05, 0.1) is 16.9 Å². The van der Waals surface area contributed by atoms with Gasteiger partial charge in [-0.1, -0.05) is 0 Å². The maximum atomic E-state index is 10.7. The van der Waals surface area contributed by atoms with E-state index in [1.165, 1.54) is 12.1 Å². The number of nitrogens with zero attached hydrogens (tertiary/aromatic N) is 2. The minimum absolute atomic E-state index is 0.230. The summed E-state index contributed by atoms with van der Waals surface area (Å²) in [7, 11) is 0. The van der Waals surface area contributed by atoms with E-state index >= 15 is 0 Å². The third-order valence-corrected chi connectivity index (χ3v) is 2.54. The third-order valence-electron chi connectivity index (χ3n) is 2.24. The normalized spacial score (nSPS) is 10.7. The van der Waals surface area contributed by atoms with Crippen molar-refractivity contribution in [1.29, 1.82) is 0 Å². The zero-order valence-electron chi connectivity index (χ0n) is 9.32. The molecule has 5 heteroatoms. The molecule has 0 fully saturated rings. The fourth-order valence-corrected chi connectivity index (χ4v) is 1.45. The lowest BCUT2D eigenvalue weighted by atomic mass is 10.2. The van der Waals surface area contributed by atoms with Crippen LogP contribution in [0.1, 0.15) is 10.4 Å². The number of carboxylic acids is 1. The van der Waals surface area contributed by atoms with Crippen LogP contribution in [0.4, 0.5) is 11.4 Å². The summed E-state index contributed by atoms with van der Waals surface area (Å²) in [5.41, 5.74) is 1.55. The first-order valence-corrected chi connectivity index (χ1v) is 5.64. The molecule has 0 spiro atoms. The number of carbonyl (C=O) groups is 1. The van der Waals surface area contributed by atoms with Gasteiger partial charge in [0.15, 0.2) is 0 Å². The smallest absolute Gasteiger partial charge is 0.335 e. The Morgan fingerprint density at radius 2 is 1.33 bits per heavy atom. The van der Waals surface area contributed by atoms with E-state index in [9.17, 15) is 4.79 Å². The van der Waals surface area contributed by atoms with Crippen LogP contribution < -0.4 is 0 Å². The summed E-state index contributed by atoms with van der Waals surface area (Å²) in [6.07, 6.45) is 0. The van der Waals surface area contributed by atoms with Crippen LogP contribution >= 0.6 is 12.6 Å². The van der Waals surface area contributed by atoms with Crippen molar-refractivity contribution in [2.24, 2.45) is 10.2 Å². The topological polar surface area (TPSA) is 62.0 Å². The lowest BCUT2D eigenvalue weighted by molar-refractivity contribution is 0.0697. The molecule has 1 N–H and O–H groups in total. The number of benzene rings is 2. The van der Waals surface area contributed by atoms with Gasteiger partial charge in [0.2, 0.25) is 0 Å². The molecule has 0 heterocycles. The van der Waals surface area contributed by atoms with E-state index in [-0.39, 0.29) is 5.56 Å². The zero-order chi connectivity index (χ0) is 13.0. The van der Waals surface area contributed by atoms with Crippen LogP contribution in [0.3, 0.4) is 0 Å². The van der Waals surface area contributed by atoms with Gasteiger partial charge in [0.25, 0.3) is 0 Å². The molecular weight excluding hydrogens is 248 g/mol. The summed E-state index contributed by atoms with van der Waals surface area (Å²) in [5, 5.41) is 16.8. The molecule has 0 aliphatic carbocycles. The van der Waals surface area contributed by atoms with Crippen LogP contribution in [-0.4, -0.2) is 11.1 Å². The van der Waals surface area contributed by atoms with Crippen molar-refractivity contribution in [3.63, 3.8) is 0 Å². The Balaban J connectivity index is 2.13. The van der Waals surface area contributed by atoms with Crippen molar-refractivity contribution in [3.8, 4) is 0 Å². The molecule has 0 saturated carbocycles. The molecule has 2 aromatic carbocycles. The van der Waals surface area contributed by atoms with E-state index in [4.69, 9.17) is 5.11 Å². The summed E-state index contributed by atoms with van der Waals surface area (Å²) < 4.78 is 0. The molecule has 2 rings (SSSR count). The van der Waals surface area contributed by atoms with Crippen molar-refractivity contribution < 1.29 is 9.90 Å². The number of azo groups is 1. The highest BCUT2D eigenvalue weighted by Crippen LogP contribution is 2.19. The monoisotopic (exact) mass is 258 g/mol. The van der Waals surface area contributed by atoms with Crippen LogP contribution in [0.15, 0.2) is 63.7 Å². The van der Waals surface area contributed by atoms with E-state index in [1.54, 1.807) is 24.3 Å². The standard InChI is InChI=1S/C13H10N2O2S/c16-13(17)9-1-3-10(4-2-9)14-15-11-5-7-12(18)8-6-11/h1-8,18H,(H,16,17). The maximum absolute atomic E-state index is 10.7. The first kappa shape index (κ1) is 12.3. The second-order valence-corrected chi connectivity index (χ2v) is 4.08. The Kier molecular flexibility index (Phi) is 3.74. The molecule has 0 unspecified atom stereocenters. The Morgan fingerprint density at radius 1 is 0.889 bits per heavy atom. The molecule has 2 aromatic rings. The molecule has 0 aromatic heterocycles. The number of hydrogen-bond donors (Lipinski definition) is 2. The number of thiol groups is 1. The van der Waals surface area contributed by atoms with Gasteiger partial charge in [-0.05, 0) is 48.5 Å². The summed E-state index contributed by atoms with van der Waals surface area (Å²) in [4.78, 5) is 11.5. The Bertz CT molecular complexity index is 577. The number of carboxylic acid groups (broad SMARTS) is 1. The van der Waals surface area contributed by atoms with Crippen molar-refractivity contribution >= 4 is 30.0 Å². The van der Waals surface area contributed by atoms with E-state index in [0.29, 0.717) is 5.69 Å². The number of aromatic carboxylic acids is 1. The quantitative estimate of drug-likeness (QED) is 0.643. The van der Waals surface area contributed by atoms with Gasteiger partial charge in [-0.25, -0.2) is 4.79 Å². The first-order valence-electron chi connectivity index (χ1n) is 5.19. The molecule has 0 saturated heterocycles. The highest BCUT2D eigenvalue weighted by molar-refractivity contribution is 7.80.